The fourth-order valence-electron chi connectivity index (χ4n) is 2.95. The highest BCUT2D eigenvalue weighted by atomic mass is 16.2. The highest BCUT2D eigenvalue weighted by Gasteiger charge is 2.35. The van der Waals surface area contributed by atoms with Crippen molar-refractivity contribution in [1.82, 2.24) is 10.6 Å². The van der Waals surface area contributed by atoms with E-state index in [4.69, 9.17) is 0 Å². The average molecular weight is 345 g/mol. The molecular weight excluding hydrogens is 318 g/mol. The molecule has 1 heterocycles. The standard InChI is InChI=1S/C19H27N3O3/c1-4-5-14-6-8-16(9-7-14)22-12-15(10-18(22)24)19(25)20-11-17(23)21-13(2)3/h6-9,13,15H,4-5,10-12H2,1-3H3,(H,20,25)(H,21,23). The number of amides is 3. The maximum atomic E-state index is 12.3. The first kappa shape index (κ1) is 19.0. The van der Waals surface area contributed by atoms with E-state index in [-0.39, 0.29) is 36.7 Å². The van der Waals surface area contributed by atoms with Gasteiger partial charge in [-0.15, -0.1) is 0 Å². The summed E-state index contributed by atoms with van der Waals surface area (Å²) in [6, 6.07) is 7.94. The van der Waals surface area contributed by atoms with Crippen LogP contribution < -0.4 is 15.5 Å². The lowest BCUT2D eigenvalue weighted by molar-refractivity contribution is -0.129. The number of rotatable bonds is 7. The molecule has 0 radical (unpaired) electrons. The molecule has 1 unspecified atom stereocenters. The number of nitrogens with one attached hydrogen (secondary N) is 2. The summed E-state index contributed by atoms with van der Waals surface area (Å²) in [4.78, 5) is 37.7. The molecule has 2 N–H and O–H groups in total. The van der Waals surface area contributed by atoms with Gasteiger partial charge in [-0.1, -0.05) is 25.5 Å². The maximum Gasteiger partial charge on any atom is 0.239 e. The molecule has 1 atom stereocenters. The number of aryl methyl sites for hydroxylation is 1. The Morgan fingerprint density at radius 3 is 2.52 bits per heavy atom. The fraction of sp³-hybridized carbons (Fsp3) is 0.526. The van der Waals surface area contributed by atoms with Gasteiger partial charge in [-0.05, 0) is 38.0 Å². The van der Waals surface area contributed by atoms with Crippen LogP contribution in [0.15, 0.2) is 24.3 Å². The van der Waals surface area contributed by atoms with Gasteiger partial charge in [0, 0.05) is 24.7 Å². The molecule has 1 aliphatic heterocycles. The number of hydrogen-bond acceptors (Lipinski definition) is 3. The summed E-state index contributed by atoms with van der Waals surface area (Å²) in [7, 11) is 0. The van der Waals surface area contributed by atoms with Crippen LogP contribution in [0.1, 0.15) is 39.2 Å². The Morgan fingerprint density at radius 1 is 1.24 bits per heavy atom. The van der Waals surface area contributed by atoms with Gasteiger partial charge >= 0.3 is 0 Å². The first-order valence-electron chi connectivity index (χ1n) is 8.87. The minimum absolute atomic E-state index is 0.0311. The first-order chi connectivity index (χ1) is 11.9. The summed E-state index contributed by atoms with van der Waals surface area (Å²) >= 11 is 0. The van der Waals surface area contributed by atoms with E-state index < -0.39 is 5.92 Å². The van der Waals surface area contributed by atoms with Gasteiger partial charge in [-0.25, -0.2) is 0 Å². The molecule has 0 aromatic heterocycles. The van der Waals surface area contributed by atoms with Crippen LogP contribution in [0.2, 0.25) is 0 Å². The number of anilines is 1. The van der Waals surface area contributed by atoms with Crippen LogP contribution in [0.4, 0.5) is 5.69 Å². The van der Waals surface area contributed by atoms with E-state index in [2.05, 4.69) is 17.6 Å². The largest absolute Gasteiger partial charge is 0.352 e. The van der Waals surface area contributed by atoms with Crippen molar-refractivity contribution in [1.29, 1.82) is 0 Å². The van der Waals surface area contributed by atoms with Crippen molar-refractivity contribution in [3.8, 4) is 0 Å². The smallest absolute Gasteiger partial charge is 0.239 e. The lowest BCUT2D eigenvalue weighted by atomic mass is 10.1. The molecular formula is C19H27N3O3. The third-order valence-corrected chi connectivity index (χ3v) is 4.16. The van der Waals surface area contributed by atoms with E-state index in [1.165, 1.54) is 5.56 Å². The molecule has 1 saturated heterocycles. The zero-order valence-corrected chi connectivity index (χ0v) is 15.2. The Hall–Kier alpha value is -2.37. The minimum atomic E-state index is -0.422. The van der Waals surface area contributed by atoms with Gasteiger partial charge in [0.2, 0.25) is 17.7 Å². The van der Waals surface area contributed by atoms with Crippen molar-refractivity contribution in [3.05, 3.63) is 29.8 Å². The number of carbonyl (C=O) groups is 3. The third kappa shape index (κ3) is 5.31. The zero-order valence-electron chi connectivity index (χ0n) is 15.2. The summed E-state index contributed by atoms with van der Waals surface area (Å²) in [6.07, 6.45) is 2.26. The van der Waals surface area contributed by atoms with Crippen molar-refractivity contribution in [2.45, 2.75) is 46.1 Å². The third-order valence-electron chi connectivity index (χ3n) is 4.16. The Labute approximate surface area is 149 Å². The molecule has 1 aromatic carbocycles. The molecule has 0 spiro atoms. The molecule has 6 nitrogen and oxygen atoms in total. The minimum Gasteiger partial charge on any atom is -0.352 e. The molecule has 1 aliphatic rings. The Bertz CT molecular complexity index is 625. The van der Waals surface area contributed by atoms with E-state index in [1.54, 1.807) is 4.90 Å². The van der Waals surface area contributed by atoms with Crippen LogP contribution in [0, 0.1) is 5.92 Å². The molecule has 136 valence electrons. The monoisotopic (exact) mass is 345 g/mol. The molecule has 25 heavy (non-hydrogen) atoms. The van der Waals surface area contributed by atoms with E-state index in [0.29, 0.717) is 6.54 Å². The zero-order chi connectivity index (χ0) is 18.4. The molecule has 1 fully saturated rings. The number of carbonyl (C=O) groups excluding carboxylic acids is 3. The molecule has 0 bridgehead atoms. The SMILES string of the molecule is CCCc1ccc(N2CC(C(=O)NCC(=O)NC(C)C)CC2=O)cc1. The fourth-order valence-corrected chi connectivity index (χ4v) is 2.95. The van der Waals surface area contributed by atoms with Gasteiger partial charge in [0.25, 0.3) is 0 Å². The van der Waals surface area contributed by atoms with E-state index in [0.717, 1.165) is 18.5 Å². The van der Waals surface area contributed by atoms with Crippen LogP contribution in [0.25, 0.3) is 0 Å². The van der Waals surface area contributed by atoms with Gasteiger partial charge in [-0.2, -0.15) is 0 Å². The van der Waals surface area contributed by atoms with E-state index in [1.807, 2.05) is 38.1 Å². The Balaban J connectivity index is 1.90. The second-order valence-corrected chi connectivity index (χ2v) is 6.76. The predicted octanol–water partition coefficient (Wildman–Crippen LogP) is 1.63. The lowest BCUT2D eigenvalue weighted by Gasteiger charge is -2.17. The van der Waals surface area contributed by atoms with Crippen molar-refractivity contribution in [3.63, 3.8) is 0 Å². The summed E-state index contributed by atoms with van der Waals surface area (Å²) in [5.74, 6) is -0.960. The number of hydrogen-bond donors (Lipinski definition) is 2. The molecule has 0 saturated carbocycles. The summed E-state index contributed by atoms with van der Waals surface area (Å²) in [5.41, 5.74) is 2.06. The van der Waals surface area contributed by atoms with Crippen molar-refractivity contribution >= 4 is 23.4 Å². The van der Waals surface area contributed by atoms with Gasteiger partial charge in [-0.3, -0.25) is 14.4 Å². The quantitative estimate of drug-likeness (QED) is 0.788. The van der Waals surface area contributed by atoms with Gasteiger partial charge in [0.15, 0.2) is 0 Å². The van der Waals surface area contributed by atoms with E-state index >= 15 is 0 Å². The second-order valence-electron chi connectivity index (χ2n) is 6.76. The van der Waals surface area contributed by atoms with Crippen LogP contribution in [0.3, 0.4) is 0 Å². The van der Waals surface area contributed by atoms with Crippen LogP contribution in [-0.2, 0) is 20.8 Å². The Kier molecular flexibility index (Phi) is 6.56. The number of benzene rings is 1. The van der Waals surface area contributed by atoms with Gasteiger partial charge < -0.3 is 15.5 Å². The molecule has 1 aromatic rings. The highest BCUT2D eigenvalue weighted by Crippen LogP contribution is 2.25. The van der Waals surface area contributed by atoms with Gasteiger partial charge in [0.05, 0.1) is 12.5 Å². The molecule has 0 aliphatic carbocycles. The normalized spacial score (nSPS) is 17.0. The van der Waals surface area contributed by atoms with Gasteiger partial charge in [0.1, 0.15) is 0 Å². The van der Waals surface area contributed by atoms with Crippen molar-refractivity contribution in [2.24, 2.45) is 5.92 Å². The highest BCUT2D eigenvalue weighted by molar-refractivity contribution is 6.00. The molecule has 2 rings (SSSR count). The van der Waals surface area contributed by atoms with Crippen LogP contribution in [-0.4, -0.2) is 36.9 Å². The van der Waals surface area contributed by atoms with Crippen LogP contribution in [0.5, 0.6) is 0 Å². The van der Waals surface area contributed by atoms with Crippen LogP contribution >= 0.6 is 0 Å². The first-order valence-corrected chi connectivity index (χ1v) is 8.87. The van der Waals surface area contributed by atoms with Crippen molar-refractivity contribution < 1.29 is 14.4 Å². The van der Waals surface area contributed by atoms with E-state index in [9.17, 15) is 14.4 Å². The summed E-state index contributed by atoms with van der Waals surface area (Å²) in [5, 5.41) is 5.33. The lowest BCUT2D eigenvalue weighted by Crippen LogP contribution is -2.42. The predicted molar refractivity (Wildman–Crippen MR) is 97.2 cm³/mol. The maximum absolute atomic E-state index is 12.3. The average Bonchev–Trinajstić information content (AvgIpc) is 2.95. The second kappa shape index (κ2) is 8.65. The molecule has 3 amide bonds. The van der Waals surface area contributed by atoms with Crippen molar-refractivity contribution in [2.75, 3.05) is 18.0 Å². The summed E-state index contributed by atoms with van der Waals surface area (Å²) < 4.78 is 0. The number of nitrogens with zero attached hydrogens (tertiary/aromatic N) is 1. The topological polar surface area (TPSA) is 78.5 Å². The summed E-state index contributed by atoms with van der Waals surface area (Å²) in [6.45, 7) is 6.14. The molecule has 6 heteroatoms. The Morgan fingerprint density at radius 2 is 1.92 bits per heavy atom.